The van der Waals surface area contributed by atoms with Gasteiger partial charge in [0.15, 0.2) is 11.5 Å². The first-order valence-corrected chi connectivity index (χ1v) is 9.05. The van der Waals surface area contributed by atoms with Crippen LogP contribution in [0.15, 0.2) is 60.9 Å². The summed E-state index contributed by atoms with van der Waals surface area (Å²) in [6.07, 6.45) is 3.61. The molecule has 0 fully saturated rings. The molecule has 146 valence electrons. The Kier molecular flexibility index (Phi) is 5.68. The summed E-state index contributed by atoms with van der Waals surface area (Å²) in [5.74, 6) is 1.21. The van der Waals surface area contributed by atoms with Gasteiger partial charge in [-0.15, -0.1) is 0 Å². The van der Waals surface area contributed by atoms with Crippen molar-refractivity contribution in [2.24, 2.45) is 0 Å². The molecule has 0 aliphatic carbocycles. The largest absolute Gasteiger partial charge is 0.493 e. The molecule has 0 atom stereocenters. The number of carbonyl (C=O) groups excluding carboxylic acids is 1. The number of hydrogen-bond acceptors (Lipinski definition) is 4. The van der Waals surface area contributed by atoms with Gasteiger partial charge in [0.05, 0.1) is 20.4 Å². The van der Waals surface area contributed by atoms with Crippen LogP contribution in [0, 0.1) is 0 Å². The number of benzene rings is 2. The molecular weight excluding hydrogens is 354 g/mol. The van der Waals surface area contributed by atoms with Crippen LogP contribution in [0.4, 0.5) is 0 Å². The van der Waals surface area contributed by atoms with Crippen LogP contribution in [0.25, 0.3) is 11.1 Å². The maximum Gasteiger partial charge on any atom is 0.247 e. The van der Waals surface area contributed by atoms with Gasteiger partial charge in [-0.1, -0.05) is 36.4 Å². The van der Waals surface area contributed by atoms with Gasteiger partial charge in [0, 0.05) is 18.3 Å². The van der Waals surface area contributed by atoms with Crippen molar-refractivity contribution in [3.05, 3.63) is 66.5 Å². The molecule has 0 aliphatic heterocycles. The number of hydrogen-bond donors (Lipinski definition) is 1. The fourth-order valence-corrected chi connectivity index (χ4v) is 2.89. The number of amides is 1. The summed E-state index contributed by atoms with van der Waals surface area (Å²) in [5.41, 5.74) is 2.05. The Morgan fingerprint density at radius 2 is 1.75 bits per heavy atom. The highest BCUT2D eigenvalue weighted by Crippen LogP contribution is 2.32. The van der Waals surface area contributed by atoms with Crippen molar-refractivity contribution in [3.63, 3.8) is 0 Å². The van der Waals surface area contributed by atoms with Crippen LogP contribution >= 0.6 is 0 Å². The van der Waals surface area contributed by atoms with Gasteiger partial charge in [-0.05, 0) is 37.1 Å². The third kappa shape index (κ3) is 4.01. The smallest absolute Gasteiger partial charge is 0.247 e. The van der Waals surface area contributed by atoms with Gasteiger partial charge in [-0.3, -0.25) is 9.48 Å². The average molecular weight is 379 g/mol. The Morgan fingerprint density at radius 1 is 1.04 bits per heavy atom. The molecule has 2 aromatic carbocycles. The van der Waals surface area contributed by atoms with Crippen LogP contribution < -0.4 is 14.8 Å². The highest BCUT2D eigenvalue weighted by Gasteiger charge is 2.30. The van der Waals surface area contributed by atoms with Gasteiger partial charge in [-0.25, -0.2) is 0 Å². The first-order chi connectivity index (χ1) is 13.5. The summed E-state index contributed by atoms with van der Waals surface area (Å²) in [6.45, 7) is 4.17. The summed E-state index contributed by atoms with van der Waals surface area (Å²) in [6, 6.07) is 15.5. The normalized spacial score (nSPS) is 11.1. The SMILES string of the molecule is COc1ccc(-c2cnn(C(C)(C)C(=O)NCc3ccccc3)c2)cc1OC. The maximum absolute atomic E-state index is 12.8. The van der Waals surface area contributed by atoms with E-state index in [-0.39, 0.29) is 5.91 Å². The lowest BCUT2D eigenvalue weighted by Gasteiger charge is -2.24. The summed E-state index contributed by atoms with van der Waals surface area (Å²) < 4.78 is 12.3. The summed E-state index contributed by atoms with van der Waals surface area (Å²) in [5, 5.41) is 7.41. The van der Waals surface area contributed by atoms with Crippen molar-refractivity contribution >= 4 is 5.91 Å². The van der Waals surface area contributed by atoms with E-state index in [0.29, 0.717) is 18.0 Å². The van der Waals surface area contributed by atoms with E-state index in [0.717, 1.165) is 16.7 Å². The van der Waals surface area contributed by atoms with Crippen LogP contribution in [0.5, 0.6) is 11.5 Å². The lowest BCUT2D eigenvalue weighted by molar-refractivity contribution is -0.129. The van der Waals surface area contributed by atoms with Gasteiger partial charge in [0.25, 0.3) is 0 Å². The molecule has 3 aromatic rings. The molecular formula is C22H25N3O3. The van der Waals surface area contributed by atoms with Crippen molar-refractivity contribution in [2.45, 2.75) is 25.9 Å². The van der Waals surface area contributed by atoms with Crippen LogP contribution in [-0.4, -0.2) is 29.9 Å². The molecule has 0 aliphatic rings. The summed E-state index contributed by atoms with van der Waals surface area (Å²) in [4.78, 5) is 12.8. The van der Waals surface area contributed by atoms with Crippen LogP contribution in [0.3, 0.4) is 0 Å². The van der Waals surface area contributed by atoms with E-state index in [4.69, 9.17) is 9.47 Å². The van der Waals surface area contributed by atoms with E-state index >= 15 is 0 Å². The highest BCUT2D eigenvalue weighted by molar-refractivity contribution is 5.83. The van der Waals surface area contributed by atoms with E-state index in [9.17, 15) is 4.79 Å². The lowest BCUT2D eigenvalue weighted by Crippen LogP contribution is -2.44. The molecule has 0 saturated carbocycles. The van der Waals surface area contributed by atoms with Gasteiger partial charge < -0.3 is 14.8 Å². The Morgan fingerprint density at radius 3 is 2.43 bits per heavy atom. The Labute approximate surface area is 165 Å². The molecule has 0 bridgehead atoms. The maximum atomic E-state index is 12.8. The second-order valence-electron chi connectivity index (χ2n) is 6.97. The van der Waals surface area contributed by atoms with E-state index in [2.05, 4.69) is 10.4 Å². The highest BCUT2D eigenvalue weighted by atomic mass is 16.5. The number of rotatable bonds is 7. The van der Waals surface area contributed by atoms with Crippen molar-refractivity contribution in [3.8, 4) is 22.6 Å². The van der Waals surface area contributed by atoms with Crippen molar-refractivity contribution in [1.82, 2.24) is 15.1 Å². The number of methoxy groups -OCH3 is 2. The fourth-order valence-electron chi connectivity index (χ4n) is 2.89. The van der Waals surface area contributed by atoms with E-state index in [1.165, 1.54) is 0 Å². The zero-order valence-electron chi connectivity index (χ0n) is 16.6. The zero-order valence-corrected chi connectivity index (χ0v) is 16.6. The monoisotopic (exact) mass is 379 g/mol. The molecule has 1 N–H and O–H groups in total. The standard InChI is InChI=1S/C22H25N3O3/c1-22(2,21(26)23-13-16-8-6-5-7-9-16)25-15-18(14-24-25)17-10-11-19(27-3)20(12-17)28-4/h5-12,14-15H,13H2,1-4H3,(H,23,26). The van der Waals surface area contributed by atoms with E-state index in [1.54, 1.807) is 25.1 Å². The summed E-state index contributed by atoms with van der Waals surface area (Å²) >= 11 is 0. The number of ether oxygens (including phenoxy) is 2. The van der Waals surface area contributed by atoms with Gasteiger partial charge in [-0.2, -0.15) is 5.10 Å². The van der Waals surface area contributed by atoms with Crippen molar-refractivity contribution < 1.29 is 14.3 Å². The third-order valence-electron chi connectivity index (χ3n) is 4.72. The minimum Gasteiger partial charge on any atom is -0.493 e. The predicted molar refractivity (Wildman–Crippen MR) is 108 cm³/mol. The molecule has 28 heavy (non-hydrogen) atoms. The van der Waals surface area contributed by atoms with Gasteiger partial charge >= 0.3 is 0 Å². The van der Waals surface area contributed by atoms with Crippen molar-refractivity contribution in [1.29, 1.82) is 0 Å². The van der Waals surface area contributed by atoms with Crippen LogP contribution in [0.2, 0.25) is 0 Å². The van der Waals surface area contributed by atoms with Crippen LogP contribution in [0.1, 0.15) is 19.4 Å². The predicted octanol–water partition coefficient (Wildman–Crippen LogP) is 3.62. The second kappa shape index (κ2) is 8.17. The fraction of sp³-hybridized carbons (Fsp3) is 0.273. The van der Waals surface area contributed by atoms with E-state index < -0.39 is 5.54 Å². The quantitative estimate of drug-likeness (QED) is 0.681. The molecule has 0 saturated heterocycles. The first-order valence-electron chi connectivity index (χ1n) is 9.05. The minimum absolute atomic E-state index is 0.0988. The Bertz CT molecular complexity index is 949. The molecule has 0 unspecified atom stereocenters. The molecule has 0 radical (unpaired) electrons. The van der Waals surface area contributed by atoms with Gasteiger partial charge in [0.1, 0.15) is 5.54 Å². The third-order valence-corrected chi connectivity index (χ3v) is 4.72. The molecule has 1 amide bonds. The number of carbonyl (C=O) groups is 1. The number of aromatic nitrogens is 2. The number of nitrogens with one attached hydrogen (secondary N) is 1. The lowest BCUT2D eigenvalue weighted by atomic mass is 10.0. The number of nitrogens with zero attached hydrogens (tertiary/aromatic N) is 2. The molecule has 6 heteroatoms. The molecule has 3 rings (SSSR count). The van der Waals surface area contributed by atoms with Crippen molar-refractivity contribution in [2.75, 3.05) is 14.2 Å². The summed E-state index contributed by atoms with van der Waals surface area (Å²) in [7, 11) is 3.21. The molecule has 6 nitrogen and oxygen atoms in total. The molecule has 1 heterocycles. The Hall–Kier alpha value is -3.28. The van der Waals surface area contributed by atoms with E-state index in [1.807, 2.05) is 68.6 Å². The Balaban J connectivity index is 1.77. The molecule has 0 spiro atoms. The van der Waals surface area contributed by atoms with Gasteiger partial charge in [0.2, 0.25) is 5.91 Å². The topological polar surface area (TPSA) is 65.4 Å². The zero-order chi connectivity index (χ0) is 20.1. The second-order valence-corrected chi connectivity index (χ2v) is 6.97. The average Bonchev–Trinajstić information content (AvgIpc) is 3.23. The molecule has 1 aromatic heterocycles. The van der Waals surface area contributed by atoms with Crippen LogP contribution in [-0.2, 0) is 16.9 Å². The minimum atomic E-state index is -0.830. The first kappa shape index (κ1) is 19.5.